The van der Waals surface area contributed by atoms with Crippen molar-refractivity contribution in [3.63, 3.8) is 0 Å². The molecule has 0 radical (unpaired) electrons. The van der Waals surface area contributed by atoms with Crippen molar-refractivity contribution in [2.75, 3.05) is 25.1 Å². The largest absolute Gasteiger partial charge is 0.493 e. The zero-order chi connectivity index (χ0) is 19.4. The Kier molecular flexibility index (Phi) is 5.55. The molecule has 144 valence electrons. The highest BCUT2D eigenvalue weighted by Gasteiger charge is 2.30. The van der Waals surface area contributed by atoms with Crippen LogP contribution in [0.5, 0.6) is 11.5 Å². The fraction of sp³-hybridized carbons (Fsp3) is 0.316. The Bertz CT molecular complexity index is 911. The van der Waals surface area contributed by atoms with E-state index in [1.165, 1.54) is 32.4 Å². The third-order valence-corrected chi connectivity index (χ3v) is 5.99. The van der Waals surface area contributed by atoms with Crippen LogP contribution in [0.2, 0.25) is 0 Å². The van der Waals surface area contributed by atoms with Gasteiger partial charge in [0.15, 0.2) is 11.5 Å². The lowest BCUT2D eigenvalue weighted by Gasteiger charge is -2.24. The number of nitrogens with one attached hydrogen (secondary N) is 1. The molecule has 27 heavy (non-hydrogen) atoms. The molecule has 0 unspecified atom stereocenters. The van der Waals surface area contributed by atoms with Crippen molar-refractivity contribution < 1.29 is 22.7 Å². The smallest absolute Gasteiger partial charge is 0.264 e. The second-order valence-electron chi connectivity index (χ2n) is 6.21. The average molecular weight is 390 g/mol. The van der Waals surface area contributed by atoms with Crippen LogP contribution in [0.3, 0.4) is 0 Å². The molecule has 1 N–H and O–H groups in total. The molecule has 1 fully saturated rings. The highest BCUT2D eigenvalue weighted by atomic mass is 32.2. The van der Waals surface area contributed by atoms with Gasteiger partial charge in [-0.15, -0.1) is 0 Å². The first kappa shape index (κ1) is 19.0. The minimum atomic E-state index is -3.99. The minimum absolute atomic E-state index is 0.0169. The van der Waals surface area contributed by atoms with Gasteiger partial charge in [0.2, 0.25) is 5.91 Å². The lowest BCUT2D eigenvalue weighted by Crippen LogP contribution is -2.41. The SMILES string of the molecule is COc1ccc(S(=O)(=O)N(CC(=O)NC2CC2)c2ccccc2)cc1OC. The number of carbonyl (C=O) groups excluding carboxylic acids is 1. The normalized spacial score (nSPS) is 13.7. The Morgan fingerprint density at radius 3 is 2.33 bits per heavy atom. The fourth-order valence-electron chi connectivity index (χ4n) is 2.64. The standard InChI is InChI=1S/C19H22N2O5S/c1-25-17-11-10-16(12-18(17)26-2)27(23,24)21(15-6-4-3-5-7-15)13-19(22)20-14-8-9-14/h3-7,10-12,14H,8-9,13H2,1-2H3,(H,20,22). The third kappa shape index (κ3) is 4.33. The van der Waals surface area contributed by atoms with Gasteiger partial charge in [0.05, 0.1) is 24.8 Å². The van der Waals surface area contributed by atoms with Gasteiger partial charge in [-0.25, -0.2) is 8.42 Å². The summed E-state index contributed by atoms with van der Waals surface area (Å²) in [6, 6.07) is 13.1. The van der Waals surface area contributed by atoms with Crippen LogP contribution < -0.4 is 19.1 Å². The van der Waals surface area contributed by atoms with Gasteiger partial charge in [-0.05, 0) is 37.1 Å². The number of nitrogens with zero attached hydrogens (tertiary/aromatic N) is 1. The van der Waals surface area contributed by atoms with Gasteiger partial charge < -0.3 is 14.8 Å². The zero-order valence-corrected chi connectivity index (χ0v) is 16.0. The maximum absolute atomic E-state index is 13.3. The molecule has 0 spiro atoms. The summed E-state index contributed by atoms with van der Waals surface area (Å²) < 4.78 is 38.1. The first-order valence-corrected chi connectivity index (χ1v) is 9.99. The summed E-state index contributed by atoms with van der Waals surface area (Å²) in [7, 11) is -1.07. The summed E-state index contributed by atoms with van der Waals surface area (Å²) in [6.45, 7) is -0.294. The molecule has 0 aromatic heterocycles. The van der Waals surface area contributed by atoms with Gasteiger partial charge in [-0.2, -0.15) is 0 Å². The van der Waals surface area contributed by atoms with E-state index in [2.05, 4.69) is 5.32 Å². The van der Waals surface area contributed by atoms with E-state index >= 15 is 0 Å². The maximum atomic E-state index is 13.3. The second-order valence-corrected chi connectivity index (χ2v) is 8.07. The number of rotatable bonds is 8. The van der Waals surface area contributed by atoms with E-state index in [4.69, 9.17) is 9.47 Å². The molecule has 2 aromatic carbocycles. The van der Waals surface area contributed by atoms with E-state index in [0.29, 0.717) is 17.2 Å². The van der Waals surface area contributed by atoms with Crippen LogP contribution in [0.15, 0.2) is 53.4 Å². The number of benzene rings is 2. The molecule has 0 bridgehead atoms. The molecule has 0 saturated heterocycles. The topological polar surface area (TPSA) is 84.9 Å². The van der Waals surface area contributed by atoms with Crippen LogP contribution in [0.25, 0.3) is 0 Å². The number of carbonyl (C=O) groups is 1. The summed E-state index contributed by atoms with van der Waals surface area (Å²) in [5.41, 5.74) is 0.415. The van der Waals surface area contributed by atoms with Crippen LogP contribution in [-0.2, 0) is 14.8 Å². The van der Waals surface area contributed by atoms with Gasteiger partial charge in [-0.3, -0.25) is 9.10 Å². The first-order valence-electron chi connectivity index (χ1n) is 8.55. The Balaban J connectivity index is 1.97. The molecule has 2 aromatic rings. The number of amides is 1. The molecule has 3 rings (SSSR count). The average Bonchev–Trinajstić information content (AvgIpc) is 3.50. The number of sulfonamides is 1. The molecule has 1 aliphatic rings. The highest BCUT2D eigenvalue weighted by molar-refractivity contribution is 7.92. The summed E-state index contributed by atoms with van der Waals surface area (Å²) in [5, 5.41) is 2.83. The van der Waals surface area contributed by atoms with Crippen molar-refractivity contribution in [2.45, 2.75) is 23.8 Å². The van der Waals surface area contributed by atoms with Gasteiger partial charge in [0.25, 0.3) is 10.0 Å². The molecule has 0 aliphatic heterocycles. The number of hydrogen-bond donors (Lipinski definition) is 1. The van der Waals surface area contributed by atoms with E-state index in [9.17, 15) is 13.2 Å². The summed E-state index contributed by atoms with van der Waals surface area (Å²) >= 11 is 0. The van der Waals surface area contributed by atoms with Gasteiger partial charge in [0.1, 0.15) is 6.54 Å². The van der Waals surface area contributed by atoms with Crippen molar-refractivity contribution in [3.8, 4) is 11.5 Å². The Morgan fingerprint density at radius 1 is 1.07 bits per heavy atom. The Hall–Kier alpha value is -2.74. The van der Waals surface area contributed by atoms with Crippen LogP contribution in [0, 0.1) is 0 Å². The molecule has 0 atom stereocenters. The third-order valence-electron chi connectivity index (χ3n) is 4.22. The number of methoxy groups -OCH3 is 2. The summed E-state index contributed by atoms with van der Waals surface area (Å²) in [4.78, 5) is 12.3. The highest BCUT2D eigenvalue weighted by Crippen LogP contribution is 2.32. The molecule has 1 aliphatic carbocycles. The number of para-hydroxylation sites is 1. The van der Waals surface area contributed by atoms with Crippen LogP contribution >= 0.6 is 0 Å². The van der Waals surface area contributed by atoms with E-state index in [1.54, 1.807) is 30.3 Å². The van der Waals surface area contributed by atoms with Crippen molar-refractivity contribution in [2.24, 2.45) is 0 Å². The minimum Gasteiger partial charge on any atom is -0.493 e. The lowest BCUT2D eigenvalue weighted by atomic mass is 10.3. The second kappa shape index (κ2) is 7.87. The molecule has 0 heterocycles. The van der Waals surface area contributed by atoms with Gasteiger partial charge >= 0.3 is 0 Å². The number of hydrogen-bond acceptors (Lipinski definition) is 5. The monoisotopic (exact) mass is 390 g/mol. The van der Waals surface area contributed by atoms with Gasteiger partial charge in [0, 0.05) is 12.1 Å². The van der Waals surface area contributed by atoms with Crippen molar-refractivity contribution in [1.29, 1.82) is 0 Å². The van der Waals surface area contributed by atoms with Crippen molar-refractivity contribution in [1.82, 2.24) is 5.32 Å². The lowest BCUT2D eigenvalue weighted by molar-refractivity contribution is -0.119. The fourth-order valence-corrected chi connectivity index (χ4v) is 4.08. The summed E-state index contributed by atoms with van der Waals surface area (Å²) in [6.07, 6.45) is 1.86. The van der Waals surface area contributed by atoms with Crippen molar-refractivity contribution in [3.05, 3.63) is 48.5 Å². The van der Waals surface area contributed by atoms with E-state index in [-0.39, 0.29) is 23.4 Å². The maximum Gasteiger partial charge on any atom is 0.264 e. The molecule has 1 amide bonds. The molecule has 8 heteroatoms. The first-order chi connectivity index (χ1) is 13.0. The van der Waals surface area contributed by atoms with E-state index < -0.39 is 10.0 Å². The van der Waals surface area contributed by atoms with Crippen LogP contribution in [0.1, 0.15) is 12.8 Å². The predicted octanol–water partition coefficient (Wildman–Crippen LogP) is 2.18. The molecule has 1 saturated carbocycles. The Morgan fingerprint density at radius 2 is 1.74 bits per heavy atom. The van der Waals surface area contributed by atoms with E-state index in [1.807, 2.05) is 0 Å². The Labute approximate surface area is 158 Å². The van der Waals surface area contributed by atoms with Crippen molar-refractivity contribution >= 4 is 21.6 Å². The summed E-state index contributed by atoms with van der Waals surface area (Å²) in [5.74, 6) is 0.397. The molecular formula is C19H22N2O5S. The van der Waals surface area contributed by atoms with Crippen LogP contribution in [-0.4, -0.2) is 41.1 Å². The van der Waals surface area contributed by atoms with Crippen LogP contribution in [0.4, 0.5) is 5.69 Å². The molecule has 7 nitrogen and oxygen atoms in total. The number of anilines is 1. The predicted molar refractivity (Wildman–Crippen MR) is 102 cm³/mol. The van der Waals surface area contributed by atoms with Gasteiger partial charge in [-0.1, -0.05) is 18.2 Å². The number of ether oxygens (including phenoxy) is 2. The zero-order valence-electron chi connectivity index (χ0n) is 15.2. The molecular weight excluding hydrogens is 368 g/mol. The van der Waals surface area contributed by atoms with E-state index in [0.717, 1.165) is 17.1 Å². The quantitative estimate of drug-likeness (QED) is 0.747.